The van der Waals surface area contributed by atoms with Crippen LogP contribution in [0.5, 0.6) is 0 Å². The number of rotatable bonds is 9. The number of hydrogen-bond acceptors (Lipinski definition) is 3. The zero-order chi connectivity index (χ0) is 14.8. The van der Waals surface area contributed by atoms with Crippen LogP contribution in [0.1, 0.15) is 39.2 Å². The minimum absolute atomic E-state index is 0.609. The Bertz CT molecular complexity index is 410. The standard InChI is InChI=1S/C17H27N3/c1-4-12-19-17(14-18,15-20(6-3)13-5-2)16-10-8-7-9-11-16/h7-11,19H,4-6,12-13,15H2,1-3H3. The van der Waals surface area contributed by atoms with Crippen LogP contribution in [-0.2, 0) is 5.54 Å². The average Bonchev–Trinajstić information content (AvgIpc) is 2.51. The Kier molecular flexibility index (Phi) is 7.28. The molecule has 1 N–H and O–H groups in total. The lowest BCUT2D eigenvalue weighted by molar-refractivity contribution is 0.220. The van der Waals surface area contributed by atoms with Crippen molar-refractivity contribution in [2.24, 2.45) is 0 Å². The van der Waals surface area contributed by atoms with Gasteiger partial charge in [-0.1, -0.05) is 51.1 Å². The molecule has 0 fully saturated rings. The summed E-state index contributed by atoms with van der Waals surface area (Å²) >= 11 is 0. The van der Waals surface area contributed by atoms with Gasteiger partial charge in [0.05, 0.1) is 6.07 Å². The van der Waals surface area contributed by atoms with Gasteiger partial charge in [0.15, 0.2) is 0 Å². The normalized spacial score (nSPS) is 13.9. The fourth-order valence-corrected chi connectivity index (χ4v) is 2.45. The van der Waals surface area contributed by atoms with Crippen LogP contribution in [-0.4, -0.2) is 31.1 Å². The van der Waals surface area contributed by atoms with E-state index in [9.17, 15) is 5.26 Å². The lowest BCUT2D eigenvalue weighted by Crippen LogP contribution is -2.50. The third-order valence-corrected chi connectivity index (χ3v) is 3.58. The minimum Gasteiger partial charge on any atom is -0.300 e. The van der Waals surface area contributed by atoms with Gasteiger partial charge in [-0.2, -0.15) is 5.26 Å². The van der Waals surface area contributed by atoms with E-state index < -0.39 is 5.54 Å². The van der Waals surface area contributed by atoms with Gasteiger partial charge in [-0.15, -0.1) is 0 Å². The van der Waals surface area contributed by atoms with Gasteiger partial charge >= 0.3 is 0 Å². The molecule has 0 heterocycles. The van der Waals surface area contributed by atoms with Crippen molar-refractivity contribution in [3.05, 3.63) is 35.9 Å². The Morgan fingerprint density at radius 2 is 1.85 bits per heavy atom. The summed E-state index contributed by atoms with van der Waals surface area (Å²) < 4.78 is 0. The van der Waals surface area contributed by atoms with Crippen molar-refractivity contribution in [1.82, 2.24) is 10.2 Å². The predicted molar refractivity (Wildman–Crippen MR) is 84.4 cm³/mol. The molecule has 110 valence electrons. The summed E-state index contributed by atoms with van der Waals surface area (Å²) in [6, 6.07) is 12.6. The molecule has 0 aliphatic heterocycles. The second-order valence-corrected chi connectivity index (χ2v) is 5.18. The summed E-state index contributed by atoms with van der Waals surface area (Å²) in [4.78, 5) is 2.35. The molecule has 0 bridgehead atoms. The van der Waals surface area contributed by atoms with Gasteiger partial charge in [0.2, 0.25) is 0 Å². The van der Waals surface area contributed by atoms with Gasteiger partial charge in [-0.25, -0.2) is 0 Å². The molecule has 3 heteroatoms. The molecule has 1 aromatic rings. The third kappa shape index (κ3) is 4.33. The van der Waals surface area contributed by atoms with E-state index in [2.05, 4.69) is 37.1 Å². The Balaban J connectivity index is 3.02. The van der Waals surface area contributed by atoms with Gasteiger partial charge in [0.1, 0.15) is 5.54 Å². The SMILES string of the molecule is CCCNC(C#N)(CN(CC)CCC)c1ccccc1. The fraction of sp³-hybridized carbons (Fsp3) is 0.588. The highest BCUT2D eigenvalue weighted by Crippen LogP contribution is 2.22. The highest BCUT2D eigenvalue weighted by Gasteiger charge is 2.33. The van der Waals surface area contributed by atoms with Gasteiger partial charge in [-0.3, -0.25) is 5.32 Å². The van der Waals surface area contributed by atoms with Gasteiger partial charge < -0.3 is 4.90 Å². The molecule has 1 aromatic carbocycles. The zero-order valence-corrected chi connectivity index (χ0v) is 13.0. The van der Waals surface area contributed by atoms with Crippen molar-refractivity contribution in [1.29, 1.82) is 5.26 Å². The number of hydrogen-bond donors (Lipinski definition) is 1. The second-order valence-electron chi connectivity index (χ2n) is 5.18. The van der Waals surface area contributed by atoms with E-state index >= 15 is 0 Å². The molecule has 1 rings (SSSR count). The van der Waals surface area contributed by atoms with Crippen LogP contribution in [0.25, 0.3) is 0 Å². The number of nitrogens with zero attached hydrogens (tertiary/aromatic N) is 2. The first kappa shape index (κ1) is 16.7. The molecular weight excluding hydrogens is 246 g/mol. The molecule has 0 saturated carbocycles. The molecule has 0 spiro atoms. The largest absolute Gasteiger partial charge is 0.300 e. The molecule has 0 aliphatic carbocycles. The van der Waals surface area contributed by atoms with E-state index in [1.165, 1.54) is 0 Å². The van der Waals surface area contributed by atoms with Crippen LogP contribution < -0.4 is 5.32 Å². The van der Waals surface area contributed by atoms with Crippen molar-refractivity contribution in [2.45, 2.75) is 39.2 Å². The highest BCUT2D eigenvalue weighted by atomic mass is 15.2. The van der Waals surface area contributed by atoms with E-state index in [1.54, 1.807) is 0 Å². The Morgan fingerprint density at radius 1 is 1.15 bits per heavy atom. The number of nitriles is 1. The van der Waals surface area contributed by atoms with Crippen LogP contribution in [0.3, 0.4) is 0 Å². The van der Waals surface area contributed by atoms with Crippen molar-refractivity contribution < 1.29 is 0 Å². The lowest BCUT2D eigenvalue weighted by Gasteiger charge is -2.34. The Labute approximate surface area is 123 Å². The van der Waals surface area contributed by atoms with E-state index in [4.69, 9.17) is 0 Å². The van der Waals surface area contributed by atoms with Crippen molar-refractivity contribution in [3.8, 4) is 6.07 Å². The molecule has 0 amide bonds. The van der Waals surface area contributed by atoms with Crippen LogP contribution in [0, 0.1) is 11.3 Å². The summed E-state index contributed by atoms with van der Waals surface area (Å²) in [5.74, 6) is 0. The summed E-state index contributed by atoms with van der Waals surface area (Å²) in [6.07, 6.45) is 2.13. The van der Waals surface area contributed by atoms with Gasteiger partial charge in [0.25, 0.3) is 0 Å². The van der Waals surface area contributed by atoms with E-state index in [0.717, 1.165) is 44.6 Å². The first-order valence-corrected chi connectivity index (χ1v) is 7.66. The Hall–Kier alpha value is -1.37. The van der Waals surface area contributed by atoms with E-state index in [-0.39, 0.29) is 0 Å². The zero-order valence-electron chi connectivity index (χ0n) is 13.0. The third-order valence-electron chi connectivity index (χ3n) is 3.58. The molecule has 0 aliphatic rings. The maximum atomic E-state index is 9.83. The van der Waals surface area contributed by atoms with Crippen LogP contribution in [0.4, 0.5) is 0 Å². The molecule has 0 aromatic heterocycles. The van der Waals surface area contributed by atoms with Crippen LogP contribution >= 0.6 is 0 Å². The topological polar surface area (TPSA) is 39.1 Å². The maximum absolute atomic E-state index is 9.83. The van der Waals surface area contributed by atoms with E-state index in [1.807, 2.05) is 30.3 Å². The number of benzene rings is 1. The molecule has 0 saturated heterocycles. The summed E-state index contributed by atoms with van der Waals surface area (Å²) in [5, 5.41) is 13.3. The first-order chi connectivity index (χ1) is 9.72. The predicted octanol–water partition coefficient (Wildman–Crippen LogP) is 3.14. The van der Waals surface area contributed by atoms with Crippen LogP contribution in [0.15, 0.2) is 30.3 Å². The van der Waals surface area contributed by atoms with Crippen LogP contribution in [0.2, 0.25) is 0 Å². The van der Waals surface area contributed by atoms with Crippen molar-refractivity contribution >= 4 is 0 Å². The minimum atomic E-state index is -0.609. The second kappa shape index (κ2) is 8.73. The quantitative estimate of drug-likeness (QED) is 0.751. The smallest absolute Gasteiger partial charge is 0.145 e. The van der Waals surface area contributed by atoms with E-state index in [0.29, 0.717) is 0 Å². The Morgan fingerprint density at radius 3 is 2.35 bits per heavy atom. The first-order valence-electron chi connectivity index (χ1n) is 7.66. The van der Waals surface area contributed by atoms with Gasteiger partial charge in [-0.05, 0) is 38.0 Å². The van der Waals surface area contributed by atoms with Crippen molar-refractivity contribution in [3.63, 3.8) is 0 Å². The molecule has 0 radical (unpaired) electrons. The maximum Gasteiger partial charge on any atom is 0.145 e. The highest BCUT2D eigenvalue weighted by molar-refractivity contribution is 5.32. The summed E-state index contributed by atoms with van der Waals surface area (Å²) in [5.41, 5.74) is 0.452. The summed E-state index contributed by atoms with van der Waals surface area (Å²) in [6.45, 7) is 10.0. The average molecular weight is 273 g/mol. The number of nitrogens with one attached hydrogen (secondary N) is 1. The number of likely N-dealkylation sites (N-methyl/N-ethyl adjacent to an activating group) is 1. The monoisotopic (exact) mass is 273 g/mol. The molecule has 20 heavy (non-hydrogen) atoms. The summed E-state index contributed by atoms with van der Waals surface area (Å²) in [7, 11) is 0. The lowest BCUT2D eigenvalue weighted by atomic mass is 9.90. The van der Waals surface area contributed by atoms with Gasteiger partial charge in [0, 0.05) is 6.54 Å². The molecule has 3 nitrogen and oxygen atoms in total. The fourth-order valence-electron chi connectivity index (χ4n) is 2.45. The molecule has 1 atom stereocenters. The van der Waals surface area contributed by atoms with Crippen molar-refractivity contribution in [2.75, 3.05) is 26.2 Å². The molecular formula is C17H27N3. The molecule has 1 unspecified atom stereocenters.